The van der Waals surface area contributed by atoms with Crippen LogP contribution in [0, 0.1) is 17.2 Å². The van der Waals surface area contributed by atoms with Gasteiger partial charge in [-0.2, -0.15) is 5.26 Å². The van der Waals surface area contributed by atoms with E-state index >= 15 is 0 Å². The first-order valence-corrected chi connectivity index (χ1v) is 6.40. The number of rotatable bonds is 1. The second kappa shape index (κ2) is 4.43. The predicted octanol–water partition coefficient (Wildman–Crippen LogP) is 0.250. The summed E-state index contributed by atoms with van der Waals surface area (Å²) in [5.41, 5.74) is 6.62. The first-order valence-electron chi connectivity index (χ1n) is 6.40. The van der Waals surface area contributed by atoms with Crippen molar-refractivity contribution >= 4 is 17.4 Å². The van der Waals surface area contributed by atoms with E-state index < -0.39 is 0 Å². The summed E-state index contributed by atoms with van der Waals surface area (Å²) >= 11 is 0. The molecule has 98 valence electrons. The van der Waals surface area contributed by atoms with Crippen molar-refractivity contribution in [3.05, 3.63) is 17.8 Å². The van der Waals surface area contributed by atoms with Crippen molar-refractivity contribution < 1.29 is 4.79 Å². The number of piperidine rings is 1. The van der Waals surface area contributed by atoms with Gasteiger partial charge >= 0.3 is 0 Å². The van der Waals surface area contributed by atoms with Gasteiger partial charge in [0.15, 0.2) is 0 Å². The maximum atomic E-state index is 11.8. The van der Waals surface area contributed by atoms with Gasteiger partial charge in [-0.3, -0.25) is 4.79 Å². The highest BCUT2D eigenvalue weighted by Crippen LogP contribution is 2.32. The van der Waals surface area contributed by atoms with Crippen molar-refractivity contribution in [3.63, 3.8) is 0 Å². The smallest absolute Gasteiger partial charge is 0.225 e. The molecule has 2 saturated heterocycles. The van der Waals surface area contributed by atoms with Gasteiger partial charge in [0.05, 0.1) is 29.4 Å². The Bertz CT molecular complexity index is 565. The number of nitrogen functional groups attached to an aromatic ring is 1. The average Bonchev–Trinajstić information content (AvgIpc) is 2.81. The Morgan fingerprint density at radius 1 is 1.58 bits per heavy atom. The second-order valence-electron chi connectivity index (χ2n) is 5.01. The summed E-state index contributed by atoms with van der Waals surface area (Å²) in [7, 11) is 0. The number of carbonyl (C=O) groups is 1. The lowest BCUT2D eigenvalue weighted by Crippen LogP contribution is -2.46. The molecule has 2 fully saturated rings. The van der Waals surface area contributed by atoms with Crippen LogP contribution >= 0.6 is 0 Å². The van der Waals surface area contributed by atoms with E-state index in [1.54, 1.807) is 12.3 Å². The Labute approximate surface area is 111 Å². The Morgan fingerprint density at radius 3 is 3.21 bits per heavy atom. The highest BCUT2D eigenvalue weighted by Gasteiger charge is 2.41. The monoisotopic (exact) mass is 257 g/mol. The van der Waals surface area contributed by atoms with Crippen molar-refractivity contribution in [1.82, 2.24) is 10.3 Å². The van der Waals surface area contributed by atoms with Crippen LogP contribution in [0.3, 0.4) is 0 Å². The molecule has 1 amide bonds. The van der Waals surface area contributed by atoms with Gasteiger partial charge in [-0.25, -0.2) is 4.98 Å². The summed E-state index contributed by atoms with van der Waals surface area (Å²) < 4.78 is 0. The number of amides is 1. The van der Waals surface area contributed by atoms with Gasteiger partial charge in [0.1, 0.15) is 11.9 Å². The SMILES string of the molecule is N#Cc1cc(N)cnc1N1CCCC2C(=O)NCC21. The molecule has 1 aromatic heterocycles. The van der Waals surface area contributed by atoms with E-state index in [4.69, 9.17) is 5.73 Å². The molecule has 0 spiro atoms. The topological polar surface area (TPSA) is 95.0 Å². The molecule has 2 atom stereocenters. The summed E-state index contributed by atoms with van der Waals surface area (Å²) in [5, 5.41) is 12.1. The molecule has 2 unspecified atom stereocenters. The van der Waals surface area contributed by atoms with Crippen LogP contribution in [0.4, 0.5) is 11.5 Å². The van der Waals surface area contributed by atoms with Gasteiger partial charge in [0.25, 0.3) is 0 Å². The zero-order valence-electron chi connectivity index (χ0n) is 10.5. The molecule has 0 saturated carbocycles. The molecule has 3 rings (SSSR count). The quantitative estimate of drug-likeness (QED) is 0.752. The lowest BCUT2D eigenvalue weighted by Gasteiger charge is -2.37. The van der Waals surface area contributed by atoms with Gasteiger partial charge in [0, 0.05) is 13.1 Å². The van der Waals surface area contributed by atoms with E-state index in [9.17, 15) is 10.1 Å². The van der Waals surface area contributed by atoms with E-state index in [1.165, 1.54) is 0 Å². The Morgan fingerprint density at radius 2 is 2.42 bits per heavy atom. The molecule has 6 heteroatoms. The highest BCUT2D eigenvalue weighted by atomic mass is 16.2. The molecular weight excluding hydrogens is 242 g/mol. The van der Waals surface area contributed by atoms with E-state index in [-0.39, 0.29) is 17.9 Å². The minimum atomic E-state index is 0.0136. The molecule has 3 N–H and O–H groups in total. The second-order valence-corrected chi connectivity index (χ2v) is 5.01. The van der Waals surface area contributed by atoms with Crippen LogP contribution in [-0.4, -0.2) is 30.0 Å². The lowest BCUT2D eigenvalue weighted by molar-refractivity contribution is -0.122. The zero-order chi connectivity index (χ0) is 13.4. The average molecular weight is 257 g/mol. The Balaban J connectivity index is 1.98. The number of nitrogens with two attached hydrogens (primary N) is 1. The fourth-order valence-corrected chi connectivity index (χ4v) is 3.00. The predicted molar refractivity (Wildman–Crippen MR) is 70.2 cm³/mol. The number of aromatic nitrogens is 1. The van der Waals surface area contributed by atoms with Gasteiger partial charge in [0.2, 0.25) is 5.91 Å². The molecule has 0 aromatic carbocycles. The third kappa shape index (κ3) is 1.87. The molecule has 0 aliphatic carbocycles. The summed E-state index contributed by atoms with van der Waals surface area (Å²) in [4.78, 5) is 18.1. The van der Waals surface area contributed by atoms with Crippen LogP contribution in [-0.2, 0) is 4.79 Å². The van der Waals surface area contributed by atoms with Gasteiger partial charge in [-0.1, -0.05) is 0 Å². The first-order chi connectivity index (χ1) is 9.20. The van der Waals surface area contributed by atoms with Crippen molar-refractivity contribution in [1.29, 1.82) is 5.26 Å². The van der Waals surface area contributed by atoms with Crippen LogP contribution < -0.4 is 16.0 Å². The van der Waals surface area contributed by atoms with Crippen LogP contribution in [0.25, 0.3) is 0 Å². The number of anilines is 2. The third-order valence-corrected chi connectivity index (χ3v) is 3.88. The number of fused-ring (bicyclic) bond motifs is 1. The number of pyridine rings is 1. The molecule has 0 radical (unpaired) electrons. The Hall–Kier alpha value is -2.29. The van der Waals surface area contributed by atoms with Gasteiger partial charge in [-0.05, 0) is 18.9 Å². The molecule has 2 aliphatic rings. The fourth-order valence-electron chi connectivity index (χ4n) is 3.00. The normalized spacial score (nSPS) is 25.6. The number of carbonyl (C=O) groups excluding carboxylic acids is 1. The molecular formula is C13H15N5O. The number of nitrogens with zero attached hydrogens (tertiary/aromatic N) is 3. The molecule has 1 aromatic rings. The number of hydrogen-bond donors (Lipinski definition) is 2. The van der Waals surface area contributed by atoms with Crippen molar-refractivity contribution in [2.45, 2.75) is 18.9 Å². The molecule has 2 aliphatic heterocycles. The van der Waals surface area contributed by atoms with E-state index in [0.29, 0.717) is 23.6 Å². The summed E-state index contributed by atoms with van der Waals surface area (Å²) in [6.45, 7) is 1.45. The Kier molecular flexibility index (Phi) is 2.75. The van der Waals surface area contributed by atoms with E-state index in [1.807, 2.05) is 0 Å². The van der Waals surface area contributed by atoms with Crippen molar-refractivity contribution in [2.24, 2.45) is 5.92 Å². The van der Waals surface area contributed by atoms with Crippen molar-refractivity contribution in [3.8, 4) is 6.07 Å². The maximum absolute atomic E-state index is 11.8. The maximum Gasteiger partial charge on any atom is 0.225 e. The minimum Gasteiger partial charge on any atom is -0.397 e. The zero-order valence-corrected chi connectivity index (χ0v) is 10.5. The van der Waals surface area contributed by atoms with Gasteiger partial charge < -0.3 is 16.0 Å². The number of nitrogens with one attached hydrogen (secondary N) is 1. The van der Waals surface area contributed by atoms with Crippen LogP contribution in [0.5, 0.6) is 0 Å². The molecule has 19 heavy (non-hydrogen) atoms. The van der Waals surface area contributed by atoms with E-state index in [0.717, 1.165) is 19.4 Å². The number of hydrogen-bond acceptors (Lipinski definition) is 5. The number of nitriles is 1. The standard InChI is InChI=1S/C13H15N5O/c14-5-8-4-9(15)6-16-12(8)18-3-1-2-10-11(18)7-17-13(10)19/h4,6,10-11H,1-3,7,15H2,(H,17,19). The summed E-state index contributed by atoms with van der Waals surface area (Å²) in [6.07, 6.45) is 3.40. The first kappa shape index (κ1) is 11.8. The fraction of sp³-hybridized carbons (Fsp3) is 0.462. The van der Waals surface area contributed by atoms with Crippen LogP contribution in [0.2, 0.25) is 0 Å². The summed E-state index contributed by atoms with van der Waals surface area (Å²) in [5.74, 6) is 0.770. The van der Waals surface area contributed by atoms with Crippen LogP contribution in [0.1, 0.15) is 18.4 Å². The van der Waals surface area contributed by atoms with Crippen molar-refractivity contribution in [2.75, 3.05) is 23.7 Å². The minimum absolute atomic E-state index is 0.0136. The molecule has 3 heterocycles. The summed E-state index contributed by atoms with van der Waals surface area (Å²) in [6, 6.07) is 3.87. The highest BCUT2D eigenvalue weighted by molar-refractivity contribution is 5.83. The third-order valence-electron chi connectivity index (χ3n) is 3.88. The van der Waals surface area contributed by atoms with E-state index in [2.05, 4.69) is 21.3 Å². The lowest BCUT2D eigenvalue weighted by atomic mass is 9.91. The largest absolute Gasteiger partial charge is 0.397 e. The molecule has 6 nitrogen and oxygen atoms in total. The molecule has 0 bridgehead atoms. The van der Waals surface area contributed by atoms with Crippen LogP contribution in [0.15, 0.2) is 12.3 Å². The van der Waals surface area contributed by atoms with Gasteiger partial charge in [-0.15, -0.1) is 0 Å².